The average Bonchev–Trinajstić information content (AvgIpc) is 3.20. The largest absolute Gasteiger partial charge is 0.381 e. The van der Waals surface area contributed by atoms with Gasteiger partial charge in [0, 0.05) is 49.7 Å². The maximum Gasteiger partial charge on any atom is 0.134 e. The van der Waals surface area contributed by atoms with Crippen molar-refractivity contribution in [3.05, 3.63) is 75.7 Å². The van der Waals surface area contributed by atoms with Gasteiger partial charge in [-0.05, 0) is 54.7 Å². The summed E-state index contributed by atoms with van der Waals surface area (Å²) in [6, 6.07) is 16.8. The second-order valence-electron chi connectivity index (χ2n) is 9.70. The van der Waals surface area contributed by atoms with Crippen molar-refractivity contribution in [2.45, 2.75) is 44.6 Å². The van der Waals surface area contributed by atoms with Crippen LogP contribution in [0.4, 0.5) is 0 Å². The highest BCUT2D eigenvalue weighted by molar-refractivity contribution is 6.32. The van der Waals surface area contributed by atoms with Gasteiger partial charge < -0.3 is 9.72 Å². The smallest absolute Gasteiger partial charge is 0.134 e. The number of halogens is 1. The van der Waals surface area contributed by atoms with Crippen LogP contribution in [0.5, 0.6) is 0 Å². The van der Waals surface area contributed by atoms with Crippen molar-refractivity contribution in [3.8, 4) is 17.3 Å². The molecule has 0 amide bonds. The van der Waals surface area contributed by atoms with Gasteiger partial charge in [-0.25, -0.2) is 4.98 Å². The number of aromatic amines is 1. The Hall–Kier alpha value is -2.65. The molecule has 5 nitrogen and oxygen atoms in total. The van der Waals surface area contributed by atoms with Crippen molar-refractivity contribution in [2.24, 2.45) is 0 Å². The number of imidazole rings is 1. The summed E-state index contributed by atoms with van der Waals surface area (Å²) in [5.74, 6) is 1.50. The standard InChI is InChI=1S/C27H29ClN4O/c1-18-3-4-20(15-32-16-22(17-32)21-7-5-19(14-29)6-8-21)13-23(18)24-25(28)31-26(30-24)27(2)9-11-33-12-10-27/h3-8,13,22H,9-12,15-17H2,1-2H3,(H,30,31). The Bertz CT molecular complexity index is 1180. The number of ether oxygens (including phenoxy) is 1. The van der Waals surface area contributed by atoms with E-state index < -0.39 is 0 Å². The van der Waals surface area contributed by atoms with E-state index in [9.17, 15) is 0 Å². The van der Waals surface area contributed by atoms with Crippen molar-refractivity contribution in [1.82, 2.24) is 14.9 Å². The minimum atomic E-state index is -0.0241. The van der Waals surface area contributed by atoms with Crippen LogP contribution in [0.25, 0.3) is 11.3 Å². The van der Waals surface area contributed by atoms with Gasteiger partial charge in [-0.3, -0.25) is 4.90 Å². The summed E-state index contributed by atoms with van der Waals surface area (Å²) in [5, 5.41) is 9.60. The highest BCUT2D eigenvalue weighted by Gasteiger charge is 2.33. The number of nitrogens with one attached hydrogen (secondary N) is 1. The monoisotopic (exact) mass is 460 g/mol. The number of aromatic nitrogens is 2. The topological polar surface area (TPSA) is 64.9 Å². The number of rotatable bonds is 5. The molecule has 0 atom stereocenters. The van der Waals surface area contributed by atoms with Gasteiger partial charge >= 0.3 is 0 Å². The summed E-state index contributed by atoms with van der Waals surface area (Å²) in [6.07, 6.45) is 1.90. The summed E-state index contributed by atoms with van der Waals surface area (Å²) >= 11 is 6.66. The van der Waals surface area contributed by atoms with E-state index in [1.165, 1.54) is 16.7 Å². The number of nitriles is 1. The summed E-state index contributed by atoms with van der Waals surface area (Å²) in [4.78, 5) is 10.8. The number of benzene rings is 2. The van der Waals surface area contributed by atoms with Gasteiger partial charge in [-0.2, -0.15) is 5.26 Å². The van der Waals surface area contributed by atoms with Crippen LogP contribution < -0.4 is 0 Å². The first kappa shape index (κ1) is 22.2. The van der Waals surface area contributed by atoms with Crippen LogP contribution in [-0.2, 0) is 16.7 Å². The molecule has 5 rings (SSSR count). The van der Waals surface area contributed by atoms with Crippen molar-refractivity contribution >= 4 is 11.6 Å². The Labute approximate surface area is 200 Å². The number of nitrogens with zero attached hydrogens (tertiary/aromatic N) is 3. The lowest BCUT2D eigenvalue weighted by molar-refractivity contribution is 0.0538. The van der Waals surface area contributed by atoms with Crippen LogP contribution in [0, 0.1) is 18.3 Å². The Morgan fingerprint density at radius 2 is 1.91 bits per heavy atom. The number of H-pyrrole nitrogens is 1. The van der Waals surface area contributed by atoms with E-state index >= 15 is 0 Å². The first-order chi connectivity index (χ1) is 15.9. The second kappa shape index (κ2) is 8.95. The summed E-state index contributed by atoms with van der Waals surface area (Å²) < 4.78 is 5.55. The van der Waals surface area contributed by atoms with Gasteiger partial charge in [0.2, 0.25) is 0 Å². The molecular formula is C27H29ClN4O. The zero-order valence-corrected chi connectivity index (χ0v) is 20.0. The first-order valence-corrected chi connectivity index (χ1v) is 12.0. The molecule has 0 aliphatic carbocycles. The van der Waals surface area contributed by atoms with Crippen LogP contribution in [0.3, 0.4) is 0 Å². The SMILES string of the molecule is Cc1ccc(CN2CC(c3ccc(C#N)cc3)C2)cc1-c1nc(C2(C)CCOCC2)[nH]c1Cl. The fourth-order valence-electron chi connectivity index (χ4n) is 4.90. The summed E-state index contributed by atoms with van der Waals surface area (Å²) in [5.41, 5.74) is 6.39. The van der Waals surface area contributed by atoms with Crippen LogP contribution in [-0.4, -0.2) is 41.2 Å². The molecule has 2 saturated heterocycles. The van der Waals surface area contributed by atoms with E-state index in [0.717, 1.165) is 62.8 Å². The summed E-state index contributed by atoms with van der Waals surface area (Å²) in [6.45, 7) is 8.85. The van der Waals surface area contributed by atoms with E-state index in [2.05, 4.69) is 60.1 Å². The van der Waals surface area contributed by atoms with E-state index in [1.807, 2.05) is 12.1 Å². The van der Waals surface area contributed by atoms with E-state index in [0.29, 0.717) is 16.6 Å². The Morgan fingerprint density at radius 3 is 2.61 bits per heavy atom. The molecule has 1 N–H and O–H groups in total. The molecular weight excluding hydrogens is 432 g/mol. The van der Waals surface area contributed by atoms with Gasteiger partial charge in [-0.1, -0.05) is 42.8 Å². The molecule has 3 aromatic rings. The molecule has 0 unspecified atom stereocenters. The third-order valence-electron chi connectivity index (χ3n) is 7.26. The van der Waals surface area contributed by atoms with Gasteiger partial charge in [0.25, 0.3) is 0 Å². The molecule has 0 saturated carbocycles. The minimum absolute atomic E-state index is 0.0241. The van der Waals surface area contributed by atoms with E-state index in [4.69, 9.17) is 26.6 Å². The van der Waals surface area contributed by atoms with Crippen LogP contribution >= 0.6 is 11.6 Å². The molecule has 6 heteroatoms. The molecule has 2 aliphatic heterocycles. The first-order valence-electron chi connectivity index (χ1n) is 11.6. The van der Waals surface area contributed by atoms with Crippen molar-refractivity contribution in [3.63, 3.8) is 0 Å². The lowest BCUT2D eigenvalue weighted by atomic mass is 9.82. The van der Waals surface area contributed by atoms with Gasteiger partial charge in [0.15, 0.2) is 0 Å². The maximum absolute atomic E-state index is 8.99. The summed E-state index contributed by atoms with van der Waals surface area (Å²) in [7, 11) is 0. The minimum Gasteiger partial charge on any atom is -0.381 e. The zero-order chi connectivity index (χ0) is 23.0. The maximum atomic E-state index is 8.99. The molecule has 2 aromatic carbocycles. The number of hydrogen-bond donors (Lipinski definition) is 1. The quantitative estimate of drug-likeness (QED) is 0.540. The molecule has 170 valence electrons. The Balaban J connectivity index is 1.30. The van der Waals surface area contributed by atoms with Crippen LogP contribution in [0.2, 0.25) is 5.15 Å². The highest BCUT2D eigenvalue weighted by Crippen LogP contribution is 2.37. The normalized spacial score (nSPS) is 18.6. The predicted octanol–water partition coefficient (Wildman–Crippen LogP) is 5.58. The number of likely N-dealkylation sites (tertiary alicyclic amines) is 1. The van der Waals surface area contributed by atoms with E-state index in [1.54, 1.807) is 0 Å². The number of hydrogen-bond acceptors (Lipinski definition) is 4. The van der Waals surface area contributed by atoms with Gasteiger partial charge in [0.1, 0.15) is 16.7 Å². The van der Waals surface area contributed by atoms with Crippen molar-refractivity contribution in [1.29, 1.82) is 5.26 Å². The molecule has 33 heavy (non-hydrogen) atoms. The lowest BCUT2D eigenvalue weighted by Crippen LogP contribution is -2.44. The highest BCUT2D eigenvalue weighted by atomic mass is 35.5. The fourth-order valence-corrected chi connectivity index (χ4v) is 5.13. The molecule has 0 spiro atoms. The molecule has 2 aliphatic rings. The van der Waals surface area contributed by atoms with Crippen LogP contribution in [0.1, 0.15) is 53.8 Å². The molecule has 0 radical (unpaired) electrons. The van der Waals surface area contributed by atoms with Crippen LogP contribution in [0.15, 0.2) is 42.5 Å². The fraction of sp³-hybridized carbons (Fsp3) is 0.407. The predicted molar refractivity (Wildman–Crippen MR) is 130 cm³/mol. The van der Waals surface area contributed by atoms with Gasteiger partial charge in [-0.15, -0.1) is 0 Å². The Morgan fingerprint density at radius 1 is 1.18 bits per heavy atom. The molecule has 3 heterocycles. The molecule has 1 aromatic heterocycles. The van der Waals surface area contributed by atoms with E-state index in [-0.39, 0.29) is 5.41 Å². The molecule has 2 fully saturated rings. The third kappa shape index (κ3) is 4.44. The van der Waals surface area contributed by atoms with Crippen molar-refractivity contribution in [2.75, 3.05) is 26.3 Å². The lowest BCUT2D eigenvalue weighted by Gasteiger charge is -2.39. The average molecular weight is 461 g/mol. The second-order valence-corrected chi connectivity index (χ2v) is 10.1. The Kier molecular flexibility index (Phi) is 6.01. The third-order valence-corrected chi connectivity index (χ3v) is 7.53. The van der Waals surface area contributed by atoms with Crippen molar-refractivity contribution < 1.29 is 4.74 Å². The molecule has 0 bridgehead atoms. The number of aryl methyl sites for hydroxylation is 1. The van der Waals surface area contributed by atoms with Gasteiger partial charge in [0.05, 0.1) is 11.6 Å². The zero-order valence-electron chi connectivity index (χ0n) is 19.2.